The van der Waals surface area contributed by atoms with Crippen LogP contribution in [-0.4, -0.2) is 36.5 Å². The largest absolute Gasteiger partial charge is 0.378 e. The number of hydrogen-bond donors (Lipinski definition) is 0. The highest BCUT2D eigenvalue weighted by Crippen LogP contribution is 2.38. The van der Waals surface area contributed by atoms with Crippen LogP contribution in [0.4, 0.5) is 0 Å². The first-order valence-corrected chi connectivity index (χ1v) is 7.62. The topological polar surface area (TPSA) is 46.6 Å². The Morgan fingerprint density at radius 3 is 2.81 bits per heavy atom. The van der Waals surface area contributed by atoms with Crippen LogP contribution in [0.15, 0.2) is 18.2 Å². The van der Waals surface area contributed by atoms with Crippen LogP contribution in [0, 0.1) is 5.92 Å². The van der Waals surface area contributed by atoms with E-state index >= 15 is 0 Å². The normalized spacial score (nSPS) is 26.9. The zero-order valence-electron chi connectivity index (χ0n) is 12.1. The van der Waals surface area contributed by atoms with E-state index in [0.29, 0.717) is 5.56 Å². The maximum Gasteiger partial charge on any atom is 0.260 e. The first-order chi connectivity index (χ1) is 9.99. The van der Waals surface area contributed by atoms with Gasteiger partial charge in [-0.2, -0.15) is 0 Å². The Labute approximate surface area is 129 Å². The van der Waals surface area contributed by atoms with Crippen LogP contribution in [0.3, 0.4) is 0 Å². The number of carbonyl (C=O) groups is 2. The summed E-state index contributed by atoms with van der Waals surface area (Å²) in [6, 6.07) is 5.61. The Bertz CT molecular complexity index is 601. The minimum atomic E-state index is -0.248. The monoisotopic (exact) mass is 307 g/mol. The summed E-state index contributed by atoms with van der Waals surface area (Å²) in [6.07, 6.45) is 1.33. The third kappa shape index (κ3) is 2.47. The molecule has 0 N–H and O–H groups in total. The third-order valence-corrected chi connectivity index (χ3v) is 5.09. The molecular weight excluding hydrogens is 290 g/mol. The van der Waals surface area contributed by atoms with Crippen molar-refractivity contribution in [3.63, 3.8) is 0 Å². The van der Waals surface area contributed by atoms with E-state index in [0.717, 1.165) is 24.2 Å². The Morgan fingerprint density at radius 2 is 2.14 bits per heavy atom. The number of carbonyl (C=O) groups excluding carboxylic acids is 2. The second-order valence-electron chi connectivity index (χ2n) is 5.78. The van der Waals surface area contributed by atoms with Crippen molar-refractivity contribution in [3.8, 4) is 0 Å². The molecule has 112 valence electrons. The molecule has 2 aliphatic rings. The molecule has 1 aromatic carbocycles. The lowest BCUT2D eigenvalue weighted by Crippen LogP contribution is -2.39. The number of hydrogen-bond acceptors (Lipinski definition) is 3. The Morgan fingerprint density at radius 1 is 1.38 bits per heavy atom. The number of likely N-dealkylation sites (N-methyl/N-ethyl adjacent to an activating group) is 1. The molecule has 0 aliphatic carbocycles. The van der Waals surface area contributed by atoms with Crippen molar-refractivity contribution in [2.75, 3.05) is 13.7 Å². The van der Waals surface area contributed by atoms with Gasteiger partial charge in [0.15, 0.2) is 0 Å². The average molecular weight is 308 g/mol. The molecule has 1 saturated heterocycles. The van der Waals surface area contributed by atoms with E-state index in [2.05, 4.69) is 0 Å². The number of halogens is 1. The summed E-state index contributed by atoms with van der Waals surface area (Å²) in [5, 5.41) is -0.177. The van der Waals surface area contributed by atoms with Crippen molar-refractivity contribution in [1.82, 2.24) is 4.90 Å². The van der Waals surface area contributed by atoms with Crippen molar-refractivity contribution in [1.29, 1.82) is 0 Å². The lowest BCUT2D eigenvalue weighted by Gasteiger charge is -2.25. The molecule has 0 radical (unpaired) electrons. The third-order valence-electron chi connectivity index (χ3n) is 4.51. The van der Waals surface area contributed by atoms with Crippen LogP contribution in [0.2, 0.25) is 0 Å². The molecule has 4 nitrogen and oxygen atoms in total. The van der Waals surface area contributed by atoms with Gasteiger partial charge in [-0.05, 0) is 30.5 Å². The van der Waals surface area contributed by atoms with Gasteiger partial charge in [-0.3, -0.25) is 14.5 Å². The van der Waals surface area contributed by atoms with Crippen LogP contribution in [0.25, 0.3) is 0 Å². The highest BCUT2D eigenvalue weighted by atomic mass is 35.5. The Hall–Kier alpha value is -1.39. The molecule has 1 aromatic rings. The second kappa shape index (κ2) is 5.43. The van der Waals surface area contributed by atoms with E-state index in [-0.39, 0.29) is 35.6 Å². The Kier molecular flexibility index (Phi) is 3.76. The zero-order chi connectivity index (χ0) is 15.1. The average Bonchev–Trinajstić information content (AvgIpc) is 2.90. The molecule has 5 heteroatoms. The van der Waals surface area contributed by atoms with Crippen LogP contribution < -0.4 is 0 Å². The Balaban J connectivity index is 1.92. The van der Waals surface area contributed by atoms with E-state index in [9.17, 15) is 9.59 Å². The summed E-state index contributed by atoms with van der Waals surface area (Å²) < 4.78 is 5.57. The van der Waals surface area contributed by atoms with Crippen molar-refractivity contribution >= 4 is 23.4 Å². The number of imide groups is 1. The van der Waals surface area contributed by atoms with Gasteiger partial charge < -0.3 is 4.74 Å². The van der Waals surface area contributed by atoms with Crippen LogP contribution >= 0.6 is 11.6 Å². The molecular formula is C16H18ClNO3. The van der Waals surface area contributed by atoms with Crippen LogP contribution in [0.5, 0.6) is 0 Å². The van der Waals surface area contributed by atoms with Crippen molar-refractivity contribution in [2.24, 2.45) is 5.92 Å². The fourth-order valence-electron chi connectivity index (χ4n) is 3.07. The van der Waals surface area contributed by atoms with Crippen LogP contribution in [-0.2, 0) is 16.0 Å². The van der Waals surface area contributed by atoms with Gasteiger partial charge in [0.05, 0.1) is 17.9 Å². The molecule has 0 spiro atoms. The maximum absolute atomic E-state index is 12.2. The number of amides is 2. The predicted molar refractivity (Wildman–Crippen MR) is 79.4 cm³/mol. The molecule has 0 saturated carbocycles. The van der Waals surface area contributed by atoms with Crippen molar-refractivity contribution in [3.05, 3.63) is 34.9 Å². The molecule has 2 amide bonds. The van der Waals surface area contributed by atoms with Gasteiger partial charge in [-0.1, -0.05) is 12.1 Å². The molecule has 3 unspecified atom stereocenters. The molecule has 21 heavy (non-hydrogen) atoms. The molecule has 1 fully saturated rings. The number of ether oxygens (including phenoxy) is 1. The van der Waals surface area contributed by atoms with Gasteiger partial charge in [0.2, 0.25) is 5.91 Å². The van der Waals surface area contributed by atoms with Crippen molar-refractivity contribution in [2.45, 2.75) is 31.2 Å². The van der Waals surface area contributed by atoms with E-state index in [1.807, 2.05) is 25.1 Å². The highest BCUT2D eigenvalue weighted by Gasteiger charge is 2.33. The van der Waals surface area contributed by atoms with Gasteiger partial charge in [-0.15, -0.1) is 11.6 Å². The summed E-state index contributed by atoms with van der Waals surface area (Å²) in [4.78, 5) is 25.1. The fourth-order valence-corrected chi connectivity index (χ4v) is 3.54. The first kappa shape index (κ1) is 14.5. The summed E-state index contributed by atoms with van der Waals surface area (Å²) in [5.74, 6) is -0.161. The lowest BCUT2D eigenvalue weighted by atomic mass is 9.89. The predicted octanol–water partition coefficient (Wildman–Crippen LogP) is 2.55. The quantitative estimate of drug-likeness (QED) is 0.623. The maximum atomic E-state index is 12.2. The summed E-state index contributed by atoms with van der Waals surface area (Å²) in [6.45, 7) is 2.76. The second-order valence-corrected chi connectivity index (χ2v) is 6.25. The van der Waals surface area contributed by atoms with E-state index in [4.69, 9.17) is 16.3 Å². The fraction of sp³-hybridized carbons (Fsp3) is 0.500. The summed E-state index contributed by atoms with van der Waals surface area (Å²) in [5.41, 5.74) is 2.30. The zero-order valence-corrected chi connectivity index (χ0v) is 12.9. The highest BCUT2D eigenvalue weighted by molar-refractivity contribution is 6.21. The number of rotatable bonds is 2. The number of nitrogens with zero attached hydrogens (tertiary/aromatic N) is 1. The van der Waals surface area contributed by atoms with Crippen molar-refractivity contribution < 1.29 is 14.3 Å². The van der Waals surface area contributed by atoms with E-state index in [1.54, 1.807) is 0 Å². The van der Waals surface area contributed by atoms with Gasteiger partial charge in [0.1, 0.15) is 0 Å². The first-order valence-electron chi connectivity index (χ1n) is 7.18. The smallest absolute Gasteiger partial charge is 0.260 e. The SMILES string of the molecule is CC1OCCC1C(Cl)c1ccc2c(c1)C(=O)N(C)C(=O)C2. The van der Waals surface area contributed by atoms with Gasteiger partial charge >= 0.3 is 0 Å². The molecule has 0 bridgehead atoms. The molecule has 3 atom stereocenters. The standard InChI is InChI=1S/C16H18ClNO3/c1-9-12(5-6-21-9)15(17)11-4-3-10-8-14(19)18(2)16(20)13(10)7-11/h3-4,7,9,12,15H,5-6,8H2,1-2H3. The molecule has 3 rings (SSSR count). The minimum absolute atomic E-state index is 0.128. The van der Waals surface area contributed by atoms with Gasteiger partial charge in [0.25, 0.3) is 5.91 Å². The lowest BCUT2D eigenvalue weighted by molar-refractivity contribution is -0.127. The van der Waals surface area contributed by atoms with Gasteiger partial charge in [-0.25, -0.2) is 0 Å². The number of fused-ring (bicyclic) bond motifs is 1. The summed E-state index contributed by atoms with van der Waals surface area (Å²) in [7, 11) is 1.52. The number of benzene rings is 1. The van der Waals surface area contributed by atoms with E-state index < -0.39 is 0 Å². The molecule has 2 heterocycles. The van der Waals surface area contributed by atoms with Gasteiger partial charge in [0, 0.05) is 25.1 Å². The van der Waals surface area contributed by atoms with Crippen LogP contribution in [0.1, 0.15) is 40.2 Å². The summed E-state index contributed by atoms with van der Waals surface area (Å²) >= 11 is 6.59. The minimum Gasteiger partial charge on any atom is -0.378 e. The molecule has 2 aliphatic heterocycles. The van der Waals surface area contributed by atoms with E-state index in [1.165, 1.54) is 11.9 Å². The molecule has 0 aromatic heterocycles. The number of alkyl halides is 1.